The van der Waals surface area contributed by atoms with Gasteiger partial charge in [-0.3, -0.25) is 9.59 Å². The van der Waals surface area contributed by atoms with E-state index in [4.69, 9.17) is 0 Å². The first-order chi connectivity index (χ1) is 14.3. The Hall–Kier alpha value is -2.81. The van der Waals surface area contributed by atoms with E-state index in [0.717, 1.165) is 11.6 Å². The maximum absolute atomic E-state index is 12.9. The van der Waals surface area contributed by atoms with E-state index in [2.05, 4.69) is 5.32 Å². The molecule has 3 rings (SSSR count). The molecule has 1 atom stereocenters. The topological polar surface area (TPSA) is 83.6 Å². The van der Waals surface area contributed by atoms with E-state index in [1.807, 2.05) is 30.3 Å². The van der Waals surface area contributed by atoms with E-state index in [-0.39, 0.29) is 24.6 Å². The van der Waals surface area contributed by atoms with Gasteiger partial charge in [0.2, 0.25) is 21.7 Å². The van der Waals surface area contributed by atoms with Gasteiger partial charge in [0.05, 0.1) is 22.9 Å². The lowest BCUT2D eigenvalue weighted by molar-refractivity contribution is -0.133. The summed E-state index contributed by atoms with van der Waals surface area (Å²) in [7, 11) is -4.86. The van der Waals surface area contributed by atoms with Crippen LogP contribution in [0.2, 0.25) is 0 Å². The fraction of sp³-hybridized carbons (Fsp3) is 0.333. The minimum Gasteiger partial charge on any atom is -0.342 e. The number of amides is 2. The van der Waals surface area contributed by atoms with Gasteiger partial charge < -0.3 is 10.2 Å². The predicted octanol–water partition coefficient (Wildman–Crippen LogP) is 3.10. The van der Waals surface area contributed by atoms with Crippen molar-refractivity contribution in [2.75, 3.05) is 18.4 Å². The summed E-state index contributed by atoms with van der Waals surface area (Å²) in [6.07, 6.45) is 1.37. The number of carbonyl (C=O) groups is 2. The van der Waals surface area contributed by atoms with Crippen LogP contribution >= 0.6 is 0 Å². The van der Waals surface area contributed by atoms with Crippen molar-refractivity contribution in [1.82, 2.24) is 4.90 Å². The molecule has 6 nitrogen and oxygen atoms in total. The minimum atomic E-state index is -4.86. The summed E-state index contributed by atoms with van der Waals surface area (Å²) < 4.78 is 49.6. The lowest BCUT2D eigenvalue weighted by Gasteiger charge is -2.32. The van der Waals surface area contributed by atoms with Crippen LogP contribution in [-0.4, -0.2) is 44.0 Å². The third-order valence-corrected chi connectivity index (χ3v) is 6.47. The van der Waals surface area contributed by atoms with Gasteiger partial charge in [0.25, 0.3) is 0 Å². The highest BCUT2D eigenvalue weighted by Crippen LogP contribution is 2.27. The Morgan fingerprint density at radius 2 is 1.73 bits per heavy atom. The maximum atomic E-state index is 12.9. The summed E-state index contributed by atoms with van der Waals surface area (Å²) in [5, 5.41) is 2.46. The van der Waals surface area contributed by atoms with Crippen LogP contribution in [0.4, 0.5) is 14.5 Å². The lowest BCUT2D eigenvalue weighted by atomic mass is 9.96. The van der Waals surface area contributed by atoms with Gasteiger partial charge in [0, 0.05) is 13.1 Å². The van der Waals surface area contributed by atoms with Crippen molar-refractivity contribution in [3.05, 3.63) is 60.2 Å². The molecule has 160 valence electrons. The second kappa shape index (κ2) is 9.34. The summed E-state index contributed by atoms with van der Waals surface area (Å²) in [4.78, 5) is 26.3. The summed E-state index contributed by atoms with van der Waals surface area (Å²) in [5.41, 5.74) is 0.691. The Labute approximate surface area is 173 Å². The molecular formula is C21H22F2N2O4S. The van der Waals surface area contributed by atoms with E-state index in [1.54, 1.807) is 4.90 Å². The number of nitrogens with zero attached hydrogens (tertiary/aromatic N) is 1. The first-order valence-electron chi connectivity index (χ1n) is 9.52. The zero-order chi connectivity index (χ0) is 21.7. The first kappa shape index (κ1) is 21.9. The predicted molar refractivity (Wildman–Crippen MR) is 108 cm³/mol. The van der Waals surface area contributed by atoms with Crippen molar-refractivity contribution < 1.29 is 26.8 Å². The van der Waals surface area contributed by atoms with Crippen molar-refractivity contribution in [1.29, 1.82) is 0 Å². The summed E-state index contributed by atoms with van der Waals surface area (Å²) in [6.45, 7) is 0.729. The van der Waals surface area contributed by atoms with Crippen LogP contribution in [0.25, 0.3) is 0 Å². The van der Waals surface area contributed by atoms with Crippen LogP contribution in [0.5, 0.6) is 0 Å². The zero-order valence-corrected chi connectivity index (χ0v) is 16.9. The number of alkyl halides is 2. The highest BCUT2D eigenvalue weighted by atomic mass is 32.2. The number of nitrogens with one attached hydrogen (secondary N) is 1. The van der Waals surface area contributed by atoms with Crippen molar-refractivity contribution in [2.45, 2.75) is 29.9 Å². The van der Waals surface area contributed by atoms with Crippen molar-refractivity contribution in [2.24, 2.45) is 5.92 Å². The Bertz CT molecular complexity index is 1010. The number of para-hydroxylation sites is 1. The van der Waals surface area contributed by atoms with Gasteiger partial charge in [-0.25, -0.2) is 8.42 Å². The fourth-order valence-corrected chi connectivity index (χ4v) is 4.33. The second-order valence-corrected chi connectivity index (χ2v) is 9.02. The van der Waals surface area contributed by atoms with Gasteiger partial charge in [0.1, 0.15) is 0 Å². The zero-order valence-electron chi connectivity index (χ0n) is 16.1. The molecule has 1 N–H and O–H groups in total. The monoisotopic (exact) mass is 436 g/mol. The molecule has 1 unspecified atom stereocenters. The summed E-state index contributed by atoms with van der Waals surface area (Å²) in [6, 6.07) is 14.3. The normalized spacial score (nSPS) is 17.0. The maximum Gasteiger partial charge on any atom is 0.341 e. The van der Waals surface area contributed by atoms with Crippen molar-refractivity contribution in [3.8, 4) is 0 Å². The standard InChI is InChI=1S/C21H22F2N2O4S/c22-21(23)30(28,29)18-11-5-4-10-17(18)24-20(27)16-9-6-12-25(14-16)19(26)13-15-7-2-1-3-8-15/h1-5,7-8,10-11,16,21H,6,9,12-14H2,(H,24,27). The van der Waals surface area contributed by atoms with Gasteiger partial charge in [0.15, 0.2) is 0 Å². The summed E-state index contributed by atoms with van der Waals surface area (Å²) in [5.74, 6) is -4.74. The van der Waals surface area contributed by atoms with E-state index in [1.165, 1.54) is 18.2 Å². The van der Waals surface area contributed by atoms with Crippen LogP contribution in [0.15, 0.2) is 59.5 Å². The molecule has 0 radical (unpaired) electrons. The molecule has 0 bridgehead atoms. The first-order valence-corrected chi connectivity index (χ1v) is 11.1. The molecule has 2 aromatic rings. The van der Waals surface area contributed by atoms with Crippen LogP contribution in [0.1, 0.15) is 18.4 Å². The average molecular weight is 436 g/mol. The number of rotatable bonds is 6. The van der Waals surface area contributed by atoms with E-state index >= 15 is 0 Å². The van der Waals surface area contributed by atoms with Crippen LogP contribution < -0.4 is 5.32 Å². The number of halogens is 2. The number of hydrogen-bond donors (Lipinski definition) is 1. The van der Waals surface area contributed by atoms with Crippen LogP contribution in [0.3, 0.4) is 0 Å². The highest BCUT2D eigenvalue weighted by molar-refractivity contribution is 7.91. The molecule has 1 aliphatic heterocycles. The molecule has 1 aliphatic rings. The molecule has 1 heterocycles. The Kier molecular flexibility index (Phi) is 6.81. The second-order valence-electron chi connectivity index (χ2n) is 7.13. The summed E-state index contributed by atoms with van der Waals surface area (Å²) >= 11 is 0. The number of anilines is 1. The molecule has 9 heteroatoms. The highest BCUT2D eigenvalue weighted by Gasteiger charge is 2.32. The molecule has 2 amide bonds. The largest absolute Gasteiger partial charge is 0.342 e. The van der Waals surface area contributed by atoms with Crippen LogP contribution in [-0.2, 0) is 25.8 Å². The smallest absolute Gasteiger partial charge is 0.341 e. The quantitative estimate of drug-likeness (QED) is 0.754. The fourth-order valence-electron chi connectivity index (χ4n) is 3.45. The Morgan fingerprint density at radius 3 is 2.43 bits per heavy atom. The molecule has 1 fully saturated rings. The number of likely N-dealkylation sites (tertiary alicyclic amines) is 1. The minimum absolute atomic E-state index is 0.0978. The number of benzene rings is 2. The van der Waals surface area contributed by atoms with E-state index < -0.39 is 32.3 Å². The number of piperidine rings is 1. The van der Waals surface area contributed by atoms with Gasteiger partial charge >= 0.3 is 5.76 Å². The molecule has 1 saturated heterocycles. The van der Waals surface area contributed by atoms with Crippen molar-refractivity contribution in [3.63, 3.8) is 0 Å². The van der Waals surface area contributed by atoms with Gasteiger partial charge in [-0.1, -0.05) is 42.5 Å². The molecule has 2 aromatic carbocycles. The number of sulfone groups is 1. The van der Waals surface area contributed by atoms with Gasteiger partial charge in [-0.15, -0.1) is 0 Å². The lowest BCUT2D eigenvalue weighted by Crippen LogP contribution is -2.44. The number of carbonyl (C=O) groups excluding carboxylic acids is 2. The Morgan fingerprint density at radius 1 is 1.07 bits per heavy atom. The van der Waals surface area contributed by atoms with E-state index in [0.29, 0.717) is 19.4 Å². The molecular weight excluding hydrogens is 414 g/mol. The average Bonchev–Trinajstić information content (AvgIpc) is 2.74. The van der Waals surface area contributed by atoms with Crippen LogP contribution in [0, 0.1) is 5.92 Å². The van der Waals surface area contributed by atoms with Gasteiger partial charge in [-0.2, -0.15) is 8.78 Å². The molecule has 30 heavy (non-hydrogen) atoms. The number of hydrogen-bond acceptors (Lipinski definition) is 4. The SMILES string of the molecule is O=C(Nc1ccccc1S(=O)(=O)C(F)F)C1CCCN(C(=O)Cc2ccccc2)C1. The van der Waals surface area contributed by atoms with Gasteiger partial charge in [-0.05, 0) is 30.5 Å². The van der Waals surface area contributed by atoms with E-state index in [9.17, 15) is 26.8 Å². The molecule has 0 spiro atoms. The third kappa shape index (κ3) is 5.02. The Balaban J connectivity index is 1.69. The molecule has 0 aliphatic carbocycles. The third-order valence-electron chi connectivity index (χ3n) is 5.03. The molecule has 0 aromatic heterocycles. The van der Waals surface area contributed by atoms with Crippen molar-refractivity contribution >= 4 is 27.3 Å². The molecule has 0 saturated carbocycles.